The Hall–Kier alpha value is -3.32. The number of nitrogens with zero attached hydrogens (tertiary/aromatic N) is 6. The van der Waals surface area contributed by atoms with Crippen LogP contribution in [0.3, 0.4) is 0 Å². The first-order valence-electron chi connectivity index (χ1n) is 9.72. The molecule has 1 aliphatic rings. The number of rotatable bonds is 6. The first-order valence-corrected chi connectivity index (χ1v) is 9.72. The fourth-order valence-electron chi connectivity index (χ4n) is 3.70. The molecule has 0 spiro atoms. The molecule has 4 aromatic rings. The Balaban J connectivity index is 1.37. The number of para-hydroxylation sites is 2. The van der Waals surface area contributed by atoms with Crippen LogP contribution in [0.5, 0.6) is 6.01 Å². The Labute approximate surface area is 175 Å². The number of hydrogen-bond donors (Lipinski definition) is 4. The molecule has 162 valence electrons. The molecule has 1 saturated heterocycles. The van der Waals surface area contributed by atoms with Crippen LogP contribution >= 0.6 is 0 Å². The maximum absolute atomic E-state index is 10.3. The van der Waals surface area contributed by atoms with Gasteiger partial charge in [0.1, 0.15) is 24.9 Å². The summed E-state index contributed by atoms with van der Waals surface area (Å²) >= 11 is 0. The second-order valence-electron chi connectivity index (χ2n) is 7.22. The van der Waals surface area contributed by atoms with E-state index in [0.717, 1.165) is 11.0 Å². The second kappa shape index (κ2) is 7.74. The van der Waals surface area contributed by atoms with Gasteiger partial charge in [0, 0.05) is 0 Å². The highest BCUT2D eigenvalue weighted by molar-refractivity contribution is 5.82. The van der Waals surface area contributed by atoms with E-state index < -0.39 is 31.1 Å². The molecule has 1 fully saturated rings. The monoisotopic (exact) mass is 427 g/mol. The number of aromatic nitrogens is 6. The van der Waals surface area contributed by atoms with Crippen molar-refractivity contribution < 1.29 is 24.8 Å². The van der Waals surface area contributed by atoms with E-state index in [-0.39, 0.29) is 24.1 Å². The lowest BCUT2D eigenvalue weighted by Gasteiger charge is -2.16. The van der Waals surface area contributed by atoms with Crippen LogP contribution in [0.15, 0.2) is 36.9 Å². The van der Waals surface area contributed by atoms with E-state index in [2.05, 4.69) is 19.9 Å². The summed E-state index contributed by atoms with van der Waals surface area (Å²) in [6, 6.07) is 7.82. The van der Waals surface area contributed by atoms with Crippen LogP contribution < -0.4 is 10.5 Å². The minimum atomic E-state index is -1.27. The summed E-state index contributed by atoms with van der Waals surface area (Å²) in [4.78, 5) is 17.0. The second-order valence-corrected chi connectivity index (χ2v) is 7.22. The summed E-state index contributed by atoms with van der Waals surface area (Å²) in [6.07, 6.45) is -1.30. The van der Waals surface area contributed by atoms with Crippen molar-refractivity contribution >= 4 is 28.0 Å². The van der Waals surface area contributed by atoms with E-state index in [1.807, 2.05) is 28.8 Å². The van der Waals surface area contributed by atoms with Gasteiger partial charge in [0.25, 0.3) is 0 Å². The van der Waals surface area contributed by atoms with Gasteiger partial charge in [-0.25, -0.2) is 9.97 Å². The summed E-state index contributed by atoms with van der Waals surface area (Å²) in [7, 11) is 0. The minimum absolute atomic E-state index is 0.0444. The van der Waals surface area contributed by atoms with Crippen LogP contribution in [0.2, 0.25) is 0 Å². The zero-order valence-corrected chi connectivity index (χ0v) is 16.3. The minimum Gasteiger partial charge on any atom is -0.461 e. The van der Waals surface area contributed by atoms with Crippen molar-refractivity contribution in [2.75, 3.05) is 18.9 Å². The Morgan fingerprint density at radius 3 is 2.74 bits per heavy atom. The average molecular weight is 427 g/mol. The third kappa shape index (κ3) is 3.35. The van der Waals surface area contributed by atoms with Crippen molar-refractivity contribution in [3.05, 3.63) is 36.9 Å². The maximum atomic E-state index is 10.3. The van der Waals surface area contributed by atoms with Gasteiger partial charge in [0.05, 0.1) is 36.8 Å². The molecule has 0 saturated carbocycles. The third-order valence-corrected chi connectivity index (χ3v) is 5.31. The van der Waals surface area contributed by atoms with Crippen molar-refractivity contribution in [1.82, 2.24) is 29.1 Å². The molecule has 12 heteroatoms. The van der Waals surface area contributed by atoms with Gasteiger partial charge in [-0.05, 0) is 12.1 Å². The van der Waals surface area contributed by atoms with Crippen LogP contribution in [0, 0.1) is 0 Å². The highest BCUT2D eigenvalue weighted by atomic mass is 16.6. The van der Waals surface area contributed by atoms with E-state index in [1.54, 1.807) is 6.33 Å². The predicted molar refractivity (Wildman–Crippen MR) is 108 cm³/mol. The van der Waals surface area contributed by atoms with E-state index >= 15 is 0 Å². The Morgan fingerprint density at radius 1 is 1.10 bits per heavy atom. The number of nitrogens with two attached hydrogens (primary N) is 1. The van der Waals surface area contributed by atoms with Gasteiger partial charge >= 0.3 is 6.01 Å². The summed E-state index contributed by atoms with van der Waals surface area (Å²) in [5, 5.41) is 29.7. The van der Waals surface area contributed by atoms with E-state index in [9.17, 15) is 15.3 Å². The fourth-order valence-corrected chi connectivity index (χ4v) is 3.70. The molecule has 31 heavy (non-hydrogen) atoms. The van der Waals surface area contributed by atoms with Crippen LogP contribution in [-0.4, -0.2) is 75.9 Å². The van der Waals surface area contributed by atoms with Gasteiger partial charge in [0.2, 0.25) is 0 Å². The number of nitrogen functional groups attached to an aromatic ring is 1. The molecule has 4 unspecified atom stereocenters. The van der Waals surface area contributed by atoms with Crippen molar-refractivity contribution in [2.45, 2.75) is 31.1 Å². The van der Waals surface area contributed by atoms with E-state index in [1.165, 1.54) is 10.9 Å². The number of fused-ring (bicyclic) bond motifs is 2. The Bertz CT molecular complexity index is 1230. The molecule has 4 heterocycles. The molecule has 1 aliphatic heterocycles. The number of ether oxygens (including phenoxy) is 2. The average Bonchev–Trinajstić information content (AvgIpc) is 3.45. The summed E-state index contributed by atoms with van der Waals surface area (Å²) in [5.74, 6) is 0.110. The first kappa shape index (κ1) is 19.6. The molecule has 5 rings (SSSR count). The molecule has 12 nitrogen and oxygen atoms in total. The lowest BCUT2D eigenvalue weighted by atomic mass is 10.1. The summed E-state index contributed by atoms with van der Waals surface area (Å²) < 4.78 is 14.7. The van der Waals surface area contributed by atoms with Gasteiger partial charge in [0.15, 0.2) is 23.2 Å². The lowest BCUT2D eigenvalue weighted by molar-refractivity contribution is -0.0511. The van der Waals surface area contributed by atoms with Gasteiger partial charge in [-0.15, -0.1) is 0 Å². The predicted octanol–water partition coefficient (Wildman–Crippen LogP) is -0.551. The quantitative estimate of drug-likeness (QED) is 0.313. The Morgan fingerprint density at radius 2 is 1.94 bits per heavy atom. The molecular weight excluding hydrogens is 406 g/mol. The smallest absolute Gasteiger partial charge is 0.320 e. The highest BCUT2D eigenvalue weighted by Gasteiger charge is 2.44. The third-order valence-electron chi connectivity index (χ3n) is 5.31. The Kier molecular flexibility index (Phi) is 4.90. The van der Waals surface area contributed by atoms with Gasteiger partial charge in [-0.3, -0.25) is 4.57 Å². The summed E-state index contributed by atoms with van der Waals surface area (Å²) in [6.45, 7) is 0.360. The van der Waals surface area contributed by atoms with Crippen LogP contribution in [-0.2, 0) is 11.3 Å². The van der Waals surface area contributed by atoms with Crippen molar-refractivity contribution in [2.24, 2.45) is 0 Å². The normalized spacial score (nSPS) is 23.7. The van der Waals surface area contributed by atoms with Crippen molar-refractivity contribution in [1.29, 1.82) is 0 Å². The van der Waals surface area contributed by atoms with E-state index in [0.29, 0.717) is 12.1 Å². The molecule has 5 N–H and O–H groups in total. The molecule has 1 aromatic carbocycles. The largest absolute Gasteiger partial charge is 0.461 e. The number of anilines is 1. The molecule has 4 atom stereocenters. The number of aliphatic hydroxyl groups is 3. The van der Waals surface area contributed by atoms with E-state index in [4.69, 9.17) is 15.2 Å². The van der Waals surface area contributed by atoms with Crippen molar-refractivity contribution in [3.8, 4) is 6.01 Å². The maximum Gasteiger partial charge on any atom is 0.320 e. The van der Waals surface area contributed by atoms with Crippen LogP contribution in [0.25, 0.3) is 22.2 Å². The van der Waals surface area contributed by atoms with Gasteiger partial charge in [-0.1, -0.05) is 12.1 Å². The zero-order chi connectivity index (χ0) is 21.5. The molecule has 3 aromatic heterocycles. The number of imidazole rings is 2. The number of hydrogen-bond acceptors (Lipinski definition) is 10. The van der Waals surface area contributed by atoms with Crippen LogP contribution in [0.1, 0.15) is 6.23 Å². The molecular formula is C19H21N7O5. The number of benzene rings is 1. The van der Waals surface area contributed by atoms with Gasteiger partial charge < -0.3 is 35.1 Å². The molecule has 0 bridgehead atoms. The lowest BCUT2D eigenvalue weighted by Crippen LogP contribution is -2.33. The standard InChI is InChI=1S/C19H21N7O5/c20-16-13-17(26(9-22-13)18-15(29)14(28)12(7-27)31-18)24-19(23-16)30-6-5-25-8-21-10-3-1-2-4-11(10)25/h1-4,8-9,12,14-15,18,27-29H,5-7H2,(H2,20,23,24). The summed E-state index contributed by atoms with van der Waals surface area (Å²) in [5.41, 5.74) is 8.49. The SMILES string of the molecule is Nc1nc(OCCn2cnc3ccccc32)nc2c1ncn2C1OC(CO)C(O)C1O. The van der Waals surface area contributed by atoms with Gasteiger partial charge in [-0.2, -0.15) is 9.97 Å². The topological polar surface area (TPSA) is 167 Å². The molecule has 0 aliphatic carbocycles. The first-order chi connectivity index (χ1) is 15.1. The molecule has 0 radical (unpaired) electrons. The van der Waals surface area contributed by atoms with Crippen LogP contribution in [0.4, 0.5) is 5.82 Å². The zero-order valence-electron chi connectivity index (χ0n) is 16.3. The number of aliphatic hydroxyl groups excluding tert-OH is 3. The highest BCUT2D eigenvalue weighted by Crippen LogP contribution is 2.32. The molecule has 0 amide bonds. The fraction of sp³-hybridized carbons (Fsp3) is 0.368. The van der Waals surface area contributed by atoms with Crippen molar-refractivity contribution in [3.63, 3.8) is 0 Å².